The van der Waals surface area contributed by atoms with Gasteiger partial charge in [0.25, 0.3) is 0 Å². The molecule has 1 aromatic rings. The zero-order chi connectivity index (χ0) is 13.9. The van der Waals surface area contributed by atoms with Crippen LogP contribution >= 0.6 is 23.2 Å². The topological polar surface area (TPSA) is 24.1 Å². The molecule has 0 aliphatic carbocycles. The largest absolute Gasteiger partial charge is 0.317 e. The lowest BCUT2D eigenvalue weighted by Gasteiger charge is -2.31. The van der Waals surface area contributed by atoms with E-state index in [1.165, 1.54) is 18.4 Å². The van der Waals surface area contributed by atoms with E-state index >= 15 is 0 Å². The van der Waals surface area contributed by atoms with Gasteiger partial charge in [0.2, 0.25) is 0 Å². The molecule has 1 aromatic carbocycles. The van der Waals surface area contributed by atoms with Gasteiger partial charge in [-0.25, -0.2) is 0 Å². The van der Waals surface area contributed by atoms with Gasteiger partial charge in [-0.3, -0.25) is 0 Å². The fourth-order valence-electron chi connectivity index (χ4n) is 2.47. The Labute approximate surface area is 125 Å². The van der Waals surface area contributed by atoms with E-state index in [4.69, 9.17) is 23.2 Å². The lowest BCUT2D eigenvalue weighted by Crippen LogP contribution is -2.42. The number of benzene rings is 1. The molecule has 4 heteroatoms. The van der Waals surface area contributed by atoms with Gasteiger partial charge >= 0.3 is 0 Å². The third-order valence-corrected chi connectivity index (χ3v) is 4.67. The van der Waals surface area contributed by atoms with Crippen LogP contribution in [0.2, 0.25) is 10.0 Å². The number of hydrogen-bond acceptors (Lipinski definition) is 2. The summed E-state index contributed by atoms with van der Waals surface area (Å²) < 4.78 is 0. The molecule has 0 atom stereocenters. The van der Waals surface area contributed by atoms with Crippen LogP contribution in [0.25, 0.3) is 0 Å². The normalized spacial score (nSPS) is 17.7. The molecule has 0 spiro atoms. The monoisotopic (exact) mass is 300 g/mol. The third-order valence-electron chi connectivity index (χ3n) is 3.93. The molecule has 19 heavy (non-hydrogen) atoms. The zero-order valence-corrected chi connectivity index (χ0v) is 13.1. The Morgan fingerprint density at radius 1 is 1.21 bits per heavy atom. The molecule has 2 N–H and O–H groups in total. The fraction of sp³-hybridized carbons (Fsp3) is 0.600. The maximum atomic E-state index is 6.10. The van der Waals surface area contributed by atoms with Crippen LogP contribution in [0.3, 0.4) is 0 Å². The zero-order valence-electron chi connectivity index (χ0n) is 11.6. The molecule has 0 unspecified atom stereocenters. The van der Waals surface area contributed by atoms with Gasteiger partial charge < -0.3 is 10.6 Å². The Hall–Kier alpha value is -0.280. The fourth-order valence-corrected chi connectivity index (χ4v) is 2.77. The molecule has 1 aliphatic heterocycles. The molecule has 1 aliphatic rings. The summed E-state index contributed by atoms with van der Waals surface area (Å²) in [7, 11) is 0. The quantitative estimate of drug-likeness (QED) is 0.883. The second-order valence-corrected chi connectivity index (χ2v) is 6.64. The van der Waals surface area contributed by atoms with Crippen molar-refractivity contribution in [2.45, 2.75) is 32.2 Å². The Balaban J connectivity index is 1.98. The van der Waals surface area contributed by atoms with Crippen LogP contribution in [0.15, 0.2) is 18.2 Å². The molecule has 0 bridgehead atoms. The van der Waals surface area contributed by atoms with Gasteiger partial charge in [-0.1, -0.05) is 29.3 Å². The molecule has 0 amide bonds. The predicted molar refractivity (Wildman–Crippen MR) is 83.1 cm³/mol. The number of rotatable bonds is 4. The minimum atomic E-state index is -0.0842. The van der Waals surface area contributed by atoms with Crippen LogP contribution < -0.4 is 10.6 Å². The first-order chi connectivity index (χ1) is 8.99. The van der Waals surface area contributed by atoms with Crippen molar-refractivity contribution in [2.75, 3.05) is 19.6 Å². The van der Waals surface area contributed by atoms with E-state index in [0.29, 0.717) is 10.0 Å². The predicted octanol–water partition coefficient (Wildman–Crippen LogP) is 3.82. The summed E-state index contributed by atoms with van der Waals surface area (Å²) in [5.41, 5.74) is 1.09. The maximum Gasteiger partial charge on any atom is 0.0595 e. The van der Waals surface area contributed by atoms with Crippen molar-refractivity contribution in [1.82, 2.24) is 10.6 Å². The van der Waals surface area contributed by atoms with E-state index in [0.717, 1.165) is 25.6 Å². The molecular weight excluding hydrogens is 279 g/mol. The van der Waals surface area contributed by atoms with Gasteiger partial charge in [-0.2, -0.15) is 0 Å². The molecular formula is C15H22Cl2N2. The van der Waals surface area contributed by atoms with Crippen LogP contribution in [0.1, 0.15) is 32.3 Å². The van der Waals surface area contributed by atoms with Gasteiger partial charge in [0.05, 0.1) is 10.0 Å². The molecule has 0 radical (unpaired) electrons. The average molecular weight is 301 g/mol. The number of hydrogen-bond donors (Lipinski definition) is 2. The molecule has 106 valence electrons. The minimum Gasteiger partial charge on any atom is -0.317 e. The molecule has 1 fully saturated rings. The molecule has 2 nitrogen and oxygen atoms in total. The van der Waals surface area contributed by atoms with E-state index in [9.17, 15) is 0 Å². The highest BCUT2D eigenvalue weighted by Gasteiger charge is 2.23. The molecule has 0 aromatic heterocycles. The standard InChI is InChI=1S/C15H22Cl2N2/c1-15(2,12-3-4-13(16)14(17)9-12)19-10-11-5-7-18-8-6-11/h3-4,9,11,18-19H,5-8,10H2,1-2H3. The number of halogens is 2. The van der Waals surface area contributed by atoms with Crippen molar-refractivity contribution in [2.24, 2.45) is 5.92 Å². The summed E-state index contributed by atoms with van der Waals surface area (Å²) in [6.07, 6.45) is 2.51. The lowest BCUT2D eigenvalue weighted by atomic mass is 9.91. The Morgan fingerprint density at radius 2 is 1.89 bits per heavy atom. The van der Waals surface area contributed by atoms with Crippen LogP contribution in [0, 0.1) is 5.92 Å². The van der Waals surface area contributed by atoms with E-state index in [1.54, 1.807) is 0 Å². The van der Waals surface area contributed by atoms with E-state index in [1.807, 2.05) is 18.2 Å². The Kier molecular flexibility index (Phi) is 5.13. The van der Waals surface area contributed by atoms with Crippen LogP contribution in [0.5, 0.6) is 0 Å². The number of nitrogens with one attached hydrogen (secondary N) is 2. The second-order valence-electron chi connectivity index (χ2n) is 5.83. The van der Waals surface area contributed by atoms with E-state index in [-0.39, 0.29) is 5.54 Å². The number of piperidine rings is 1. The molecule has 2 rings (SSSR count). The summed E-state index contributed by atoms with van der Waals surface area (Å²) >= 11 is 12.1. The van der Waals surface area contributed by atoms with Crippen molar-refractivity contribution in [3.8, 4) is 0 Å². The van der Waals surface area contributed by atoms with Gasteiger partial charge in [0, 0.05) is 5.54 Å². The molecule has 0 saturated carbocycles. The smallest absolute Gasteiger partial charge is 0.0595 e. The van der Waals surface area contributed by atoms with Crippen LogP contribution in [0.4, 0.5) is 0 Å². The minimum absolute atomic E-state index is 0.0842. The van der Waals surface area contributed by atoms with Gasteiger partial charge in [0.1, 0.15) is 0 Å². The maximum absolute atomic E-state index is 6.10. The molecule has 1 heterocycles. The summed E-state index contributed by atoms with van der Waals surface area (Å²) in [5.74, 6) is 0.767. The lowest BCUT2D eigenvalue weighted by molar-refractivity contribution is 0.305. The van der Waals surface area contributed by atoms with Crippen LogP contribution in [-0.2, 0) is 5.54 Å². The van der Waals surface area contributed by atoms with Crippen molar-refractivity contribution in [1.29, 1.82) is 0 Å². The Morgan fingerprint density at radius 3 is 2.53 bits per heavy atom. The van der Waals surface area contributed by atoms with Gasteiger partial charge in [0.15, 0.2) is 0 Å². The first-order valence-corrected chi connectivity index (χ1v) is 7.66. The van der Waals surface area contributed by atoms with Crippen molar-refractivity contribution in [3.63, 3.8) is 0 Å². The summed E-state index contributed by atoms with van der Waals surface area (Å²) in [4.78, 5) is 0. The van der Waals surface area contributed by atoms with Crippen LogP contribution in [-0.4, -0.2) is 19.6 Å². The summed E-state index contributed by atoms with van der Waals surface area (Å²) in [5, 5.41) is 8.29. The third kappa shape index (κ3) is 4.09. The highest BCUT2D eigenvalue weighted by molar-refractivity contribution is 6.42. The first-order valence-electron chi connectivity index (χ1n) is 6.90. The van der Waals surface area contributed by atoms with Crippen molar-refractivity contribution >= 4 is 23.2 Å². The van der Waals surface area contributed by atoms with Crippen molar-refractivity contribution in [3.05, 3.63) is 33.8 Å². The second kappa shape index (κ2) is 6.45. The Bertz CT molecular complexity index is 426. The summed E-state index contributed by atoms with van der Waals surface area (Å²) in [6.45, 7) is 7.70. The van der Waals surface area contributed by atoms with Gasteiger partial charge in [-0.15, -0.1) is 0 Å². The van der Waals surface area contributed by atoms with Gasteiger partial charge in [-0.05, 0) is 69.9 Å². The molecule has 1 saturated heterocycles. The average Bonchev–Trinajstić information content (AvgIpc) is 2.41. The van der Waals surface area contributed by atoms with Crippen molar-refractivity contribution < 1.29 is 0 Å². The van der Waals surface area contributed by atoms with E-state index in [2.05, 4.69) is 24.5 Å². The highest BCUT2D eigenvalue weighted by Crippen LogP contribution is 2.28. The first kappa shape index (κ1) is 15.1. The SMILES string of the molecule is CC(C)(NCC1CCNCC1)c1ccc(Cl)c(Cl)c1. The van der Waals surface area contributed by atoms with E-state index < -0.39 is 0 Å². The summed E-state index contributed by atoms with van der Waals surface area (Å²) in [6, 6.07) is 5.87. The highest BCUT2D eigenvalue weighted by atomic mass is 35.5.